The minimum Gasteiger partial charge on any atom is -0.478 e. The monoisotopic (exact) mass is 291 g/mol. The first kappa shape index (κ1) is 16.9. The Bertz CT molecular complexity index is 699. The van der Waals surface area contributed by atoms with E-state index in [0.29, 0.717) is 11.1 Å². The van der Waals surface area contributed by atoms with Gasteiger partial charge in [-0.05, 0) is 30.2 Å². The number of rotatable bonds is 6. The van der Waals surface area contributed by atoms with Crippen LogP contribution in [0.2, 0.25) is 0 Å². The van der Waals surface area contributed by atoms with Crippen molar-refractivity contribution in [1.82, 2.24) is 0 Å². The molecule has 0 unspecified atom stereocenters. The lowest BCUT2D eigenvalue weighted by atomic mass is 10.0. The fourth-order valence-corrected chi connectivity index (χ4v) is 1.62. The van der Waals surface area contributed by atoms with Crippen molar-refractivity contribution >= 4 is 12.0 Å². The number of hydrogen-bond donors (Lipinski definition) is 1. The molecule has 0 atom stereocenters. The fourth-order valence-electron chi connectivity index (χ4n) is 1.62. The lowest BCUT2D eigenvalue weighted by Gasteiger charge is -2.00. The van der Waals surface area contributed by atoms with Crippen LogP contribution in [0.4, 0.5) is 0 Å². The normalized spacial score (nSPS) is 13.0. The molecule has 0 radical (unpaired) electrons. The number of nitriles is 1. The molecule has 110 valence electrons. The minimum absolute atomic E-state index is 0.160. The summed E-state index contributed by atoms with van der Waals surface area (Å²) in [4.78, 5) is 11.0. The Kier molecular flexibility index (Phi) is 6.88. The van der Waals surface area contributed by atoms with Crippen LogP contribution in [0.5, 0.6) is 0 Å². The minimum atomic E-state index is -1.02. The molecule has 0 aliphatic heterocycles. The van der Waals surface area contributed by atoms with Crippen molar-refractivity contribution in [2.45, 2.75) is 6.92 Å². The van der Waals surface area contributed by atoms with E-state index < -0.39 is 5.97 Å². The molecule has 22 heavy (non-hydrogen) atoms. The highest BCUT2D eigenvalue weighted by atomic mass is 16.4. The molecule has 0 spiro atoms. The third kappa shape index (κ3) is 5.48. The van der Waals surface area contributed by atoms with Gasteiger partial charge in [0.2, 0.25) is 0 Å². The summed E-state index contributed by atoms with van der Waals surface area (Å²) >= 11 is 0. The summed E-state index contributed by atoms with van der Waals surface area (Å²) in [5.41, 5.74) is 2.02. The number of carboxylic acid groups (broad SMARTS) is 1. The van der Waals surface area contributed by atoms with Crippen molar-refractivity contribution < 1.29 is 9.90 Å². The van der Waals surface area contributed by atoms with Gasteiger partial charge in [-0.15, -0.1) is 0 Å². The van der Waals surface area contributed by atoms with Crippen LogP contribution < -0.4 is 0 Å². The summed E-state index contributed by atoms with van der Waals surface area (Å²) in [5, 5.41) is 18.3. The molecule has 1 aromatic rings. The van der Waals surface area contributed by atoms with Gasteiger partial charge in [0.15, 0.2) is 0 Å². The molecule has 1 aromatic carbocycles. The van der Waals surface area contributed by atoms with Crippen LogP contribution in [0.15, 0.2) is 84.0 Å². The summed E-state index contributed by atoms with van der Waals surface area (Å²) < 4.78 is 0. The van der Waals surface area contributed by atoms with E-state index in [1.165, 1.54) is 13.0 Å². The molecule has 0 saturated carbocycles. The van der Waals surface area contributed by atoms with Gasteiger partial charge in [-0.2, -0.15) is 5.26 Å². The smallest absolute Gasteiger partial charge is 0.331 e. The Morgan fingerprint density at radius 3 is 2.50 bits per heavy atom. The summed E-state index contributed by atoms with van der Waals surface area (Å²) in [5.74, 6) is -1.02. The largest absolute Gasteiger partial charge is 0.478 e. The van der Waals surface area contributed by atoms with Gasteiger partial charge in [0.1, 0.15) is 0 Å². The molecule has 0 heterocycles. The SMILES string of the molecule is C=CC=CC(C#N)=C(C=Cc1ccccc1)C=C(C)C(=O)O. The maximum atomic E-state index is 11.0. The molecular formula is C19H17NO2. The second-order valence-electron chi connectivity index (χ2n) is 4.45. The van der Waals surface area contributed by atoms with Gasteiger partial charge < -0.3 is 5.11 Å². The van der Waals surface area contributed by atoms with Crippen molar-refractivity contribution in [3.05, 3.63) is 89.6 Å². The molecule has 1 N–H and O–H groups in total. The first-order chi connectivity index (χ1) is 10.6. The van der Waals surface area contributed by atoms with Crippen LogP contribution in [0.1, 0.15) is 12.5 Å². The number of benzene rings is 1. The van der Waals surface area contributed by atoms with Gasteiger partial charge in [-0.3, -0.25) is 0 Å². The Labute approximate surface area is 130 Å². The molecule has 0 aromatic heterocycles. The van der Waals surface area contributed by atoms with Crippen LogP contribution in [0, 0.1) is 11.3 Å². The first-order valence-electron chi connectivity index (χ1n) is 6.66. The van der Waals surface area contributed by atoms with E-state index >= 15 is 0 Å². The molecule has 3 heteroatoms. The molecular weight excluding hydrogens is 274 g/mol. The van der Waals surface area contributed by atoms with E-state index in [1.807, 2.05) is 36.4 Å². The zero-order chi connectivity index (χ0) is 16.4. The van der Waals surface area contributed by atoms with Gasteiger partial charge in [0, 0.05) is 5.57 Å². The van der Waals surface area contributed by atoms with E-state index in [-0.39, 0.29) is 5.57 Å². The molecule has 1 rings (SSSR count). The lowest BCUT2D eigenvalue weighted by molar-refractivity contribution is -0.132. The van der Waals surface area contributed by atoms with Crippen LogP contribution in [-0.2, 0) is 4.79 Å². The molecule has 0 saturated heterocycles. The highest BCUT2D eigenvalue weighted by Crippen LogP contribution is 2.14. The van der Waals surface area contributed by atoms with Crippen molar-refractivity contribution in [2.24, 2.45) is 0 Å². The van der Waals surface area contributed by atoms with E-state index in [1.54, 1.807) is 24.3 Å². The average molecular weight is 291 g/mol. The third-order valence-corrected chi connectivity index (χ3v) is 2.79. The maximum absolute atomic E-state index is 11.0. The van der Waals surface area contributed by atoms with Crippen molar-refractivity contribution in [3.63, 3.8) is 0 Å². The zero-order valence-corrected chi connectivity index (χ0v) is 12.4. The molecule has 0 aliphatic rings. The summed E-state index contributed by atoms with van der Waals surface area (Å²) in [6.45, 7) is 5.05. The van der Waals surface area contributed by atoms with Crippen LogP contribution in [0.3, 0.4) is 0 Å². The highest BCUT2D eigenvalue weighted by Gasteiger charge is 2.04. The lowest BCUT2D eigenvalue weighted by Crippen LogP contribution is -1.97. The van der Waals surface area contributed by atoms with Crippen molar-refractivity contribution in [2.75, 3.05) is 0 Å². The van der Waals surface area contributed by atoms with Gasteiger partial charge in [-0.1, -0.05) is 61.2 Å². The predicted octanol–water partition coefficient (Wildman–Crippen LogP) is 4.29. The number of hydrogen-bond acceptors (Lipinski definition) is 2. The quantitative estimate of drug-likeness (QED) is 0.483. The summed E-state index contributed by atoms with van der Waals surface area (Å²) in [6.07, 6.45) is 9.84. The number of nitrogens with zero attached hydrogens (tertiary/aromatic N) is 1. The Morgan fingerprint density at radius 1 is 1.27 bits per heavy atom. The fraction of sp³-hybridized carbons (Fsp3) is 0.0526. The summed E-state index contributed by atoms with van der Waals surface area (Å²) in [7, 11) is 0. The van der Waals surface area contributed by atoms with Crippen LogP contribution >= 0.6 is 0 Å². The summed E-state index contributed by atoms with van der Waals surface area (Å²) in [6, 6.07) is 11.6. The number of carboxylic acids is 1. The van der Waals surface area contributed by atoms with Gasteiger partial charge in [0.05, 0.1) is 11.6 Å². The Hall–Kier alpha value is -3.12. The zero-order valence-electron chi connectivity index (χ0n) is 12.4. The van der Waals surface area contributed by atoms with E-state index in [9.17, 15) is 10.1 Å². The molecule has 0 aliphatic carbocycles. The van der Waals surface area contributed by atoms with E-state index in [0.717, 1.165) is 5.56 Å². The molecule has 3 nitrogen and oxygen atoms in total. The topological polar surface area (TPSA) is 61.1 Å². The third-order valence-electron chi connectivity index (χ3n) is 2.79. The Balaban J connectivity index is 3.31. The van der Waals surface area contributed by atoms with Gasteiger partial charge >= 0.3 is 5.97 Å². The van der Waals surface area contributed by atoms with Crippen LogP contribution in [0.25, 0.3) is 6.08 Å². The van der Waals surface area contributed by atoms with E-state index in [2.05, 4.69) is 12.6 Å². The number of carbonyl (C=O) groups is 1. The molecule has 0 bridgehead atoms. The predicted molar refractivity (Wildman–Crippen MR) is 88.8 cm³/mol. The molecule has 0 fully saturated rings. The maximum Gasteiger partial charge on any atom is 0.331 e. The average Bonchev–Trinajstić information content (AvgIpc) is 2.53. The Morgan fingerprint density at radius 2 is 1.95 bits per heavy atom. The van der Waals surface area contributed by atoms with Crippen LogP contribution in [-0.4, -0.2) is 11.1 Å². The standard InChI is InChI=1S/C19H17NO2/c1-3-4-10-18(14-20)17(13-15(2)19(21)22)12-11-16-8-6-5-7-9-16/h3-13H,1H2,2H3,(H,21,22). The van der Waals surface area contributed by atoms with Crippen molar-refractivity contribution in [1.29, 1.82) is 5.26 Å². The van der Waals surface area contributed by atoms with E-state index in [4.69, 9.17) is 5.11 Å². The number of aliphatic carboxylic acids is 1. The van der Waals surface area contributed by atoms with Gasteiger partial charge in [-0.25, -0.2) is 4.79 Å². The van der Waals surface area contributed by atoms with Gasteiger partial charge in [0.25, 0.3) is 0 Å². The molecule has 0 amide bonds. The highest BCUT2D eigenvalue weighted by molar-refractivity contribution is 5.87. The second-order valence-corrected chi connectivity index (χ2v) is 4.45. The second kappa shape index (κ2) is 8.93. The first-order valence-corrected chi connectivity index (χ1v) is 6.66. The van der Waals surface area contributed by atoms with Crippen molar-refractivity contribution in [3.8, 4) is 6.07 Å². The number of allylic oxidation sites excluding steroid dienone is 7.